The van der Waals surface area contributed by atoms with E-state index in [1.165, 1.54) is 0 Å². The van der Waals surface area contributed by atoms with Gasteiger partial charge in [-0.25, -0.2) is 8.42 Å². The zero-order valence-electron chi connectivity index (χ0n) is 15.3. The van der Waals surface area contributed by atoms with Crippen LogP contribution in [0.4, 0.5) is 5.69 Å². The standard InChI is InChI=1S/C17H29N3O3S.ClH/c1-5-10-24(22,23)20-15-8-6-14(7-9-15)16(21)19-17(4,12-18)11-13(2)3;/h6-9,13,20H,5,10-12,18H2,1-4H3,(H,19,21);1H. The molecule has 1 atom stereocenters. The lowest BCUT2D eigenvalue weighted by molar-refractivity contribution is 0.0898. The number of rotatable bonds is 9. The first-order chi connectivity index (χ1) is 11.1. The van der Waals surface area contributed by atoms with Crippen LogP contribution in [0.15, 0.2) is 24.3 Å². The lowest BCUT2D eigenvalue weighted by Crippen LogP contribution is -2.52. The molecule has 0 bridgehead atoms. The van der Waals surface area contributed by atoms with Gasteiger partial charge in [0.15, 0.2) is 0 Å². The average Bonchev–Trinajstić information content (AvgIpc) is 2.46. The first kappa shape index (κ1) is 23.7. The predicted molar refractivity (Wildman–Crippen MR) is 106 cm³/mol. The Morgan fingerprint density at radius 2 is 1.80 bits per heavy atom. The number of halogens is 1. The van der Waals surface area contributed by atoms with Crippen LogP contribution in [0, 0.1) is 5.92 Å². The number of hydrogen-bond donors (Lipinski definition) is 3. The summed E-state index contributed by atoms with van der Waals surface area (Å²) in [5, 5.41) is 2.98. The molecule has 0 aliphatic heterocycles. The number of hydrogen-bond acceptors (Lipinski definition) is 4. The maximum atomic E-state index is 12.4. The molecule has 144 valence electrons. The molecule has 25 heavy (non-hydrogen) atoms. The van der Waals surface area contributed by atoms with Crippen molar-refractivity contribution in [1.29, 1.82) is 0 Å². The van der Waals surface area contributed by atoms with Crippen LogP contribution in [0.1, 0.15) is 50.9 Å². The third kappa shape index (κ3) is 8.07. The summed E-state index contributed by atoms with van der Waals surface area (Å²) in [5.41, 5.74) is 6.26. The topological polar surface area (TPSA) is 101 Å². The molecule has 4 N–H and O–H groups in total. The summed E-state index contributed by atoms with van der Waals surface area (Å²) >= 11 is 0. The van der Waals surface area contributed by atoms with Crippen molar-refractivity contribution in [3.05, 3.63) is 29.8 Å². The molecule has 0 fully saturated rings. The summed E-state index contributed by atoms with van der Waals surface area (Å²) in [5.74, 6) is 0.264. The normalized spacial score (nSPS) is 13.7. The summed E-state index contributed by atoms with van der Waals surface area (Å²) in [6, 6.07) is 6.38. The van der Waals surface area contributed by atoms with Crippen LogP contribution in [0.3, 0.4) is 0 Å². The van der Waals surface area contributed by atoms with E-state index in [1.807, 2.05) is 6.92 Å². The van der Waals surface area contributed by atoms with Crippen LogP contribution >= 0.6 is 12.4 Å². The fraction of sp³-hybridized carbons (Fsp3) is 0.588. The number of carbonyl (C=O) groups is 1. The van der Waals surface area contributed by atoms with E-state index < -0.39 is 15.6 Å². The Hall–Kier alpha value is -1.31. The van der Waals surface area contributed by atoms with E-state index in [9.17, 15) is 13.2 Å². The smallest absolute Gasteiger partial charge is 0.251 e. The summed E-state index contributed by atoms with van der Waals surface area (Å²) in [7, 11) is -3.33. The number of amides is 1. The fourth-order valence-corrected chi connectivity index (χ4v) is 3.76. The first-order valence-corrected chi connectivity index (χ1v) is 9.89. The largest absolute Gasteiger partial charge is 0.346 e. The van der Waals surface area contributed by atoms with Crippen LogP contribution in [0.2, 0.25) is 0 Å². The van der Waals surface area contributed by atoms with Gasteiger partial charge in [-0.15, -0.1) is 12.4 Å². The molecule has 1 aromatic carbocycles. The SMILES string of the molecule is CCCS(=O)(=O)Nc1ccc(C(=O)NC(C)(CN)CC(C)C)cc1.Cl. The maximum Gasteiger partial charge on any atom is 0.251 e. The van der Waals surface area contributed by atoms with Gasteiger partial charge in [0.05, 0.1) is 5.75 Å². The van der Waals surface area contributed by atoms with E-state index in [1.54, 1.807) is 31.2 Å². The predicted octanol–water partition coefficient (Wildman–Crippen LogP) is 2.75. The van der Waals surface area contributed by atoms with Crippen LogP contribution in [-0.4, -0.2) is 32.2 Å². The maximum absolute atomic E-state index is 12.4. The molecule has 1 aromatic rings. The van der Waals surface area contributed by atoms with Crippen LogP contribution < -0.4 is 15.8 Å². The van der Waals surface area contributed by atoms with Crippen molar-refractivity contribution in [2.45, 2.75) is 46.1 Å². The number of anilines is 1. The summed E-state index contributed by atoms with van der Waals surface area (Å²) in [6.45, 7) is 8.25. The van der Waals surface area contributed by atoms with E-state index >= 15 is 0 Å². The fourth-order valence-electron chi connectivity index (χ4n) is 2.62. The Labute approximate surface area is 157 Å². The molecule has 6 nitrogen and oxygen atoms in total. The van der Waals surface area contributed by atoms with Gasteiger partial charge in [-0.3, -0.25) is 9.52 Å². The molecule has 0 saturated carbocycles. The van der Waals surface area contributed by atoms with Crippen molar-refractivity contribution in [2.75, 3.05) is 17.0 Å². The van der Waals surface area contributed by atoms with Crippen LogP contribution in [0.5, 0.6) is 0 Å². The van der Waals surface area contributed by atoms with E-state index in [4.69, 9.17) is 5.73 Å². The van der Waals surface area contributed by atoms with Gasteiger partial charge in [-0.2, -0.15) is 0 Å². The lowest BCUT2D eigenvalue weighted by atomic mass is 9.90. The molecule has 0 saturated heterocycles. The minimum atomic E-state index is -3.33. The third-order valence-electron chi connectivity index (χ3n) is 3.62. The zero-order chi connectivity index (χ0) is 18.4. The van der Waals surface area contributed by atoms with Gasteiger partial charge in [0.2, 0.25) is 10.0 Å². The Kier molecular flexibility index (Phi) is 9.47. The summed E-state index contributed by atoms with van der Waals surface area (Å²) < 4.78 is 26.0. The van der Waals surface area contributed by atoms with Crippen molar-refractivity contribution in [2.24, 2.45) is 11.7 Å². The minimum Gasteiger partial charge on any atom is -0.346 e. The van der Waals surface area contributed by atoms with Gasteiger partial charge in [0, 0.05) is 23.3 Å². The second-order valence-corrected chi connectivity index (χ2v) is 8.66. The van der Waals surface area contributed by atoms with E-state index in [0.717, 1.165) is 6.42 Å². The molecule has 1 amide bonds. The Balaban J connectivity index is 0.00000576. The Morgan fingerprint density at radius 1 is 1.24 bits per heavy atom. The van der Waals surface area contributed by atoms with Crippen LogP contribution in [-0.2, 0) is 10.0 Å². The number of benzene rings is 1. The van der Waals surface area contributed by atoms with Crippen molar-refractivity contribution < 1.29 is 13.2 Å². The highest BCUT2D eigenvalue weighted by molar-refractivity contribution is 7.92. The molecule has 0 spiro atoms. The Bertz CT molecular complexity index is 648. The second-order valence-electron chi connectivity index (χ2n) is 6.82. The van der Waals surface area contributed by atoms with E-state index in [0.29, 0.717) is 30.1 Å². The summed E-state index contributed by atoms with van der Waals surface area (Å²) in [4.78, 5) is 12.4. The molecule has 0 aliphatic carbocycles. The van der Waals surface area contributed by atoms with Gasteiger partial charge in [-0.1, -0.05) is 20.8 Å². The molecule has 0 aromatic heterocycles. The average molecular weight is 392 g/mol. The number of sulfonamides is 1. The van der Waals surface area contributed by atoms with E-state index in [-0.39, 0.29) is 24.1 Å². The molecule has 1 unspecified atom stereocenters. The Morgan fingerprint density at radius 3 is 2.24 bits per heavy atom. The zero-order valence-corrected chi connectivity index (χ0v) is 17.0. The van der Waals surface area contributed by atoms with Gasteiger partial charge in [0.25, 0.3) is 5.91 Å². The van der Waals surface area contributed by atoms with Crippen molar-refractivity contribution in [3.63, 3.8) is 0 Å². The highest BCUT2D eigenvalue weighted by atomic mass is 35.5. The van der Waals surface area contributed by atoms with Crippen molar-refractivity contribution >= 4 is 34.0 Å². The monoisotopic (exact) mass is 391 g/mol. The highest BCUT2D eigenvalue weighted by Gasteiger charge is 2.26. The van der Waals surface area contributed by atoms with Gasteiger partial charge in [0.1, 0.15) is 0 Å². The van der Waals surface area contributed by atoms with Crippen molar-refractivity contribution in [3.8, 4) is 0 Å². The number of nitrogens with one attached hydrogen (secondary N) is 2. The molecule has 1 rings (SSSR count). The minimum absolute atomic E-state index is 0. The first-order valence-electron chi connectivity index (χ1n) is 8.24. The van der Waals surface area contributed by atoms with Gasteiger partial charge in [-0.05, 0) is 49.9 Å². The number of carbonyl (C=O) groups excluding carboxylic acids is 1. The molecular weight excluding hydrogens is 362 g/mol. The molecule has 0 heterocycles. The molecule has 0 radical (unpaired) electrons. The van der Waals surface area contributed by atoms with E-state index in [2.05, 4.69) is 23.9 Å². The van der Waals surface area contributed by atoms with Crippen LogP contribution in [0.25, 0.3) is 0 Å². The van der Waals surface area contributed by atoms with Gasteiger partial charge >= 0.3 is 0 Å². The lowest BCUT2D eigenvalue weighted by Gasteiger charge is -2.31. The quantitative estimate of drug-likeness (QED) is 0.602. The second kappa shape index (κ2) is 9.99. The molecule has 8 heteroatoms. The van der Waals surface area contributed by atoms with Crippen molar-refractivity contribution in [1.82, 2.24) is 5.32 Å². The number of nitrogens with two attached hydrogens (primary N) is 1. The highest BCUT2D eigenvalue weighted by Crippen LogP contribution is 2.17. The van der Waals surface area contributed by atoms with Gasteiger partial charge < -0.3 is 11.1 Å². The summed E-state index contributed by atoms with van der Waals surface area (Å²) in [6.07, 6.45) is 1.33. The molecular formula is C17H30ClN3O3S. The molecule has 0 aliphatic rings. The third-order valence-corrected chi connectivity index (χ3v) is 5.11.